The SMILES string of the molecule is Cc1ccsc1CN(C)C(=O)CCc1nc2ccccc2c(=O)n1C. The van der Waals surface area contributed by atoms with E-state index in [1.807, 2.05) is 30.6 Å². The van der Waals surface area contributed by atoms with E-state index in [1.54, 1.807) is 33.9 Å². The van der Waals surface area contributed by atoms with Gasteiger partial charge in [0.15, 0.2) is 0 Å². The lowest BCUT2D eigenvalue weighted by molar-refractivity contribution is -0.130. The minimum absolute atomic E-state index is 0.0511. The number of amides is 1. The predicted molar refractivity (Wildman–Crippen MR) is 101 cm³/mol. The second-order valence-corrected chi connectivity index (χ2v) is 7.19. The summed E-state index contributed by atoms with van der Waals surface area (Å²) in [5.74, 6) is 0.688. The maximum Gasteiger partial charge on any atom is 0.261 e. The van der Waals surface area contributed by atoms with Gasteiger partial charge in [0.05, 0.1) is 17.4 Å². The molecule has 0 fully saturated rings. The van der Waals surface area contributed by atoms with Gasteiger partial charge in [-0.05, 0) is 36.1 Å². The first-order chi connectivity index (χ1) is 12.0. The third kappa shape index (κ3) is 3.64. The number of hydrogen-bond acceptors (Lipinski definition) is 4. The standard InChI is InChI=1S/C19H21N3O2S/c1-13-10-11-25-16(13)12-21(2)18(23)9-8-17-20-15-7-5-4-6-14(15)19(24)22(17)3/h4-7,10-11H,8-9,12H2,1-3H3. The molecule has 0 bridgehead atoms. The summed E-state index contributed by atoms with van der Waals surface area (Å²) in [6, 6.07) is 9.36. The van der Waals surface area contributed by atoms with Crippen LogP contribution >= 0.6 is 11.3 Å². The Bertz CT molecular complexity index is 974. The Labute approximate surface area is 150 Å². The fourth-order valence-electron chi connectivity index (χ4n) is 2.77. The summed E-state index contributed by atoms with van der Waals surface area (Å²) < 4.78 is 1.54. The number of benzene rings is 1. The van der Waals surface area contributed by atoms with Crippen LogP contribution in [0.25, 0.3) is 10.9 Å². The Hall–Kier alpha value is -2.47. The molecular formula is C19H21N3O2S. The summed E-state index contributed by atoms with van der Waals surface area (Å²) >= 11 is 1.66. The van der Waals surface area contributed by atoms with Crippen molar-refractivity contribution in [3.63, 3.8) is 0 Å². The molecule has 1 amide bonds. The van der Waals surface area contributed by atoms with Crippen molar-refractivity contribution < 1.29 is 4.79 Å². The third-order valence-corrected chi connectivity index (χ3v) is 5.42. The van der Waals surface area contributed by atoms with Crippen LogP contribution in [-0.2, 0) is 24.8 Å². The smallest absolute Gasteiger partial charge is 0.261 e. The van der Waals surface area contributed by atoms with Crippen molar-refractivity contribution >= 4 is 28.1 Å². The molecule has 25 heavy (non-hydrogen) atoms. The topological polar surface area (TPSA) is 55.2 Å². The second-order valence-electron chi connectivity index (χ2n) is 6.19. The highest BCUT2D eigenvalue weighted by Gasteiger charge is 2.14. The van der Waals surface area contributed by atoms with E-state index in [-0.39, 0.29) is 11.5 Å². The molecular weight excluding hydrogens is 334 g/mol. The molecule has 0 spiro atoms. The molecule has 0 atom stereocenters. The van der Waals surface area contributed by atoms with Gasteiger partial charge in [0, 0.05) is 31.8 Å². The van der Waals surface area contributed by atoms with Gasteiger partial charge in [0.1, 0.15) is 5.82 Å². The maximum absolute atomic E-state index is 12.4. The van der Waals surface area contributed by atoms with Crippen LogP contribution in [0, 0.1) is 6.92 Å². The van der Waals surface area contributed by atoms with Crippen molar-refractivity contribution in [2.45, 2.75) is 26.3 Å². The van der Waals surface area contributed by atoms with E-state index in [2.05, 4.69) is 18.0 Å². The zero-order valence-electron chi connectivity index (χ0n) is 14.7. The first-order valence-electron chi connectivity index (χ1n) is 8.19. The molecule has 0 radical (unpaired) electrons. The highest BCUT2D eigenvalue weighted by molar-refractivity contribution is 7.10. The number of fused-ring (bicyclic) bond motifs is 1. The van der Waals surface area contributed by atoms with E-state index >= 15 is 0 Å². The average molecular weight is 355 g/mol. The fourth-order valence-corrected chi connectivity index (χ4v) is 3.73. The molecule has 3 aromatic rings. The molecule has 6 heteroatoms. The van der Waals surface area contributed by atoms with Gasteiger partial charge < -0.3 is 4.90 Å². The van der Waals surface area contributed by atoms with Crippen molar-refractivity contribution in [1.29, 1.82) is 0 Å². The number of aryl methyl sites for hydroxylation is 2. The molecule has 2 aromatic heterocycles. The van der Waals surface area contributed by atoms with Crippen molar-refractivity contribution in [2.75, 3.05) is 7.05 Å². The summed E-state index contributed by atoms with van der Waals surface area (Å²) in [5, 5.41) is 2.64. The number of thiophene rings is 1. The van der Waals surface area contributed by atoms with Crippen molar-refractivity contribution in [1.82, 2.24) is 14.5 Å². The lowest BCUT2D eigenvalue weighted by atomic mass is 10.2. The zero-order valence-corrected chi connectivity index (χ0v) is 15.5. The van der Waals surface area contributed by atoms with Crippen LogP contribution in [0.2, 0.25) is 0 Å². The molecule has 130 valence electrons. The largest absolute Gasteiger partial charge is 0.341 e. The Kier molecular flexibility index (Phi) is 4.99. The molecule has 0 saturated carbocycles. The van der Waals surface area contributed by atoms with Crippen molar-refractivity contribution in [3.05, 3.63) is 62.3 Å². The molecule has 0 aliphatic heterocycles. The van der Waals surface area contributed by atoms with Crippen LogP contribution in [0.5, 0.6) is 0 Å². The third-order valence-electron chi connectivity index (χ3n) is 4.41. The number of hydrogen-bond donors (Lipinski definition) is 0. The Balaban J connectivity index is 1.72. The molecule has 0 N–H and O–H groups in total. The molecule has 3 rings (SSSR count). The lowest BCUT2D eigenvalue weighted by Gasteiger charge is -2.17. The Morgan fingerprint density at radius 2 is 2.04 bits per heavy atom. The molecule has 2 heterocycles. The number of aromatic nitrogens is 2. The summed E-state index contributed by atoms with van der Waals surface area (Å²) in [6.45, 7) is 2.67. The van der Waals surface area contributed by atoms with Crippen LogP contribution in [0.15, 0.2) is 40.5 Å². The van der Waals surface area contributed by atoms with E-state index in [4.69, 9.17) is 0 Å². The van der Waals surface area contributed by atoms with Gasteiger partial charge in [-0.15, -0.1) is 11.3 Å². The molecule has 0 aliphatic carbocycles. The lowest BCUT2D eigenvalue weighted by Crippen LogP contribution is -2.28. The Morgan fingerprint density at radius 3 is 2.76 bits per heavy atom. The molecule has 0 aliphatic rings. The minimum Gasteiger partial charge on any atom is -0.341 e. The van der Waals surface area contributed by atoms with Crippen molar-refractivity contribution in [3.8, 4) is 0 Å². The highest BCUT2D eigenvalue weighted by atomic mass is 32.1. The molecule has 1 aromatic carbocycles. The first-order valence-corrected chi connectivity index (χ1v) is 9.07. The van der Waals surface area contributed by atoms with Gasteiger partial charge in [-0.3, -0.25) is 14.2 Å². The van der Waals surface area contributed by atoms with Gasteiger partial charge in [-0.2, -0.15) is 0 Å². The summed E-state index contributed by atoms with van der Waals surface area (Å²) in [4.78, 5) is 32.3. The van der Waals surface area contributed by atoms with E-state index in [0.29, 0.717) is 36.1 Å². The summed E-state index contributed by atoms with van der Waals surface area (Å²) in [6.07, 6.45) is 0.780. The van der Waals surface area contributed by atoms with Crippen LogP contribution in [0.1, 0.15) is 22.7 Å². The minimum atomic E-state index is -0.0735. The van der Waals surface area contributed by atoms with E-state index < -0.39 is 0 Å². The predicted octanol–water partition coefficient (Wildman–Crippen LogP) is 2.89. The number of carbonyl (C=O) groups is 1. The zero-order chi connectivity index (χ0) is 18.0. The fraction of sp³-hybridized carbons (Fsp3) is 0.316. The molecule has 0 saturated heterocycles. The van der Waals surface area contributed by atoms with E-state index in [0.717, 1.165) is 0 Å². The number of carbonyl (C=O) groups excluding carboxylic acids is 1. The van der Waals surface area contributed by atoms with E-state index in [9.17, 15) is 9.59 Å². The average Bonchev–Trinajstić information content (AvgIpc) is 3.01. The number of nitrogens with zero attached hydrogens (tertiary/aromatic N) is 3. The number of rotatable bonds is 5. The van der Waals surface area contributed by atoms with E-state index in [1.165, 1.54) is 10.4 Å². The maximum atomic E-state index is 12.4. The van der Waals surface area contributed by atoms with Crippen LogP contribution in [0.3, 0.4) is 0 Å². The highest BCUT2D eigenvalue weighted by Crippen LogP contribution is 2.17. The van der Waals surface area contributed by atoms with Crippen molar-refractivity contribution in [2.24, 2.45) is 7.05 Å². The number of para-hydroxylation sites is 1. The van der Waals surface area contributed by atoms with Crippen LogP contribution in [0.4, 0.5) is 0 Å². The van der Waals surface area contributed by atoms with Gasteiger partial charge in [-0.1, -0.05) is 12.1 Å². The van der Waals surface area contributed by atoms with Crippen LogP contribution in [-0.4, -0.2) is 27.4 Å². The van der Waals surface area contributed by atoms with Gasteiger partial charge >= 0.3 is 0 Å². The first kappa shape index (κ1) is 17.4. The Morgan fingerprint density at radius 1 is 1.28 bits per heavy atom. The van der Waals surface area contributed by atoms with Gasteiger partial charge in [0.25, 0.3) is 5.56 Å². The summed E-state index contributed by atoms with van der Waals surface area (Å²) in [5.41, 5.74) is 1.81. The van der Waals surface area contributed by atoms with Gasteiger partial charge in [0.2, 0.25) is 5.91 Å². The second kappa shape index (κ2) is 7.19. The quantitative estimate of drug-likeness (QED) is 0.707. The molecule has 5 nitrogen and oxygen atoms in total. The van der Waals surface area contributed by atoms with Gasteiger partial charge in [-0.25, -0.2) is 4.98 Å². The normalized spacial score (nSPS) is 11.0. The van der Waals surface area contributed by atoms with Crippen LogP contribution < -0.4 is 5.56 Å². The molecule has 0 unspecified atom stereocenters. The summed E-state index contributed by atoms with van der Waals surface area (Å²) in [7, 11) is 3.52. The monoisotopic (exact) mass is 355 g/mol.